The Kier molecular flexibility index (Phi) is 6.62. The molecule has 1 saturated heterocycles. The third-order valence-electron chi connectivity index (χ3n) is 5.36. The average Bonchev–Trinajstić information content (AvgIpc) is 2.71. The first-order valence-electron chi connectivity index (χ1n) is 10.2. The molecular weight excluding hydrogens is 350 g/mol. The number of anilines is 1. The first kappa shape index (κ1) is 20.3. The lowest BCUT2D eigenvalue weighted by Crippen LogP contribution is -2.56. The number of piperazine rings is 1. The number of nitrogens with one attached hydrogen (secondary N) is 1. The molecule has 3 rings (SSSR count). The summed E-state index contributed by atoms with van der Waals surface area (Å²) in [5.74, 6) is 0.817. The molecule has 0 radical (unpaired) electrons. The zero-order chi connectivity index (χ0) is 20.1. The molecule has 6 nitrogen and oxygen atoms in total. The number of pyridine rings is 2. The lowest BCUT2D eigenvalue weighted by molar-refractivity contribution is 0.0371. The van der Waals surface area contributed by atoms with Crippen molar-refractivity contribution in [1.82, 2.24) is 19.8 Å². The fourth-order valence-electron chi connectivity index (χ4n) is 3.78. The maximum atomic E-state index is 12.9. The van der Waals surface area contributed by atoms with Gasteiger partial charge in [-0.05, 0) is 51.5 Å². The highest BCUT2D eigenvalue weighted by molar-refractivity contribution is 5.94. The van der Waals surface area contributed by atoms with Crippen molar-refractivity contribution >= 4 is 11.7 Å². The van der Waals surface area contributed by atoms with Crippen molar-refractivity contribution in [3.05, 3.63) is 53.5 Å². The van der Waals surface area contributed by atoms with E-state index in [-0.39, 0.29) is 5.91 Å². The van der Waals surface area contributed by atoms with Crippen LogP contribution in [0.15, 0.2) is 36.5 Å². The molecule has 150 valence electrons. The minimum Gasteiger partial charge on any atom is -0.364 e. The fourth-order valence-corrected chi connectivity index (χ4v) is 3.78. The van der Waals surface area contributed by atoms with Gasteiger partial charge in [0.25, 0.3) is 5.91 Å². The van der Waals surface area contributed by atoms with Gasteiger partial charge in [0.15, 0.2) is 0 Å². The number of nitrogens with zero attached hydrogens (tertiary/aromatic N) is 4. The van der Waals surface area contributed by atoms with Crippen LogP contribution in [0.5, 0.6) is 0 Å². The maximum absolute atomic E-state index is 12.9. The van der Waals surface area contributed by atoms with E-state index >= 15 is 0 Å². The summed E-state index contributed by atoms with van der Waals surface area (Å²) in [5, 5.41) is 3.26. The van der Waals surface area contributed by atoms with E-state index in [0.29, 0.717) is 24.2 Å². The van der Waals surface area contributed by atoms with E-state index in [0.717, 1.165) is 43.3 Å². The normalized spacial score (nSPS) is 17.8. The molecule has 6 heteroatoms. The molecule has 1 N–H and O–H groups in total. The number of carbonyl (C=O) groups excluding carboxylic acids is 1. The molecule has 28 heavy (non-hydrogen) atoms. The number of hydrogen-bond acceptors (Lipinski definition) is 5. The molecule has 0 unspecified atom stereocenters. The molecule has 0 spiro atoms. The van der Waals surface area contributed by atoms with Gasteiger partial charge in [-0.2, -0.15) is 0 Å². The van der Waals surface area contributed by atoms with Crippen LogP contribution < -0.4 is 5.32 Å². The number of aromatic nitrogens is 2. The predicted octanol–water partition coefficient (Wildman–Crippen LogP) is 3.34. The standard InChI is InChI=1S/C22H31N5O/c1-5-20-15-26(11-12-27(20)16(2)3)22(28)18-9-10-21(23-13-18)24-14-19-8-6-7-17(4)25-19/h6-10,13,16,20H,5,11-12,14-15H2,1-4H3,(H,23,24)/t20-/m0/s1. The van der Waals surface area contributed by atoms with Gasteiger partial charge in [0.1, 0.15) is 5.82 Å². The third-order valence-corrected chi connectivity index (χ3v) is 5.36. The van der Waals surface area contributed by atoms with Crippen LogP contribution in [0, 0.1) is 6.92 Å². The first-order valence-corrected chi connectivity index (χ1v) is 10.2. The highest BCUT2D eigenvalue weighted by Gasteiger charge is 2.30. The van der Waals surface area contributed by atoms with Gasteiger partial charge in [0.05, 0.1) is 17.8 Å². The number of amides is 1. The molecule has 0 bridgehead atoms. The lowest BCUT2D eigenvalue weighted by atomic mass is 10.1. The molecule has 2 aromatic rings. The van der Waals surface area contributed by atoms with E-state index < -0.39 is 0 Å². The molecule has 1 aliphatic heterocycles. The Labute approximate surface area is 168 Å². The van der Waals surface area contributed by atoms with Crippen LogP contribution in [-0.2, 0) is 6.54 Å². The highest BCUT2D eigenvalue weighted by atomic mass is 16.2. The van der Waals surface area contributed by atoms with Crippen molar-refractivity contribution < 1.29 is 4.79 Å². The molecule has 2 aromatic heterocycles. The highest BCUT2D eigenvalue weighted by Crippen LogP contribution is 2.18. The quantitative estimate of drug-likeness (QED) is 0.831. The second kappa shape index (κ2) is 9.15. The Bertz CT molecular complexity index is 790. The minimum absolute atomic E-state index is 0.0706. The van der Waals surface area contributed by atoms with Crippen LogP contribution in [0.25, 0.3) is 0 Å². The van der Waals surface area contributed by atoms with E-state index in [1.54, 1.807) is 6.20 Å². The molecule has 1 atom stereocenters. The molecule has 0 aromatic carbocycles. The molecule has 0 aliphatic carbocycles. The van der Waals surface area contributed by atoms with Crippen LogP contribution in [0.1, 0.15) is 48.9 Å². The third kappa shape index (κ3) is 4.87. The summed E-state index contributed by atoms with van der Waals surface area (Å²) in [6, 6.07) is 10.6. The Hall–Kier alpha value is -2.47. The van der Waals surface area contributed by atoms with Crippen LogP contribution in [0.2, 0.25) is 0 Å². The van der Waals surface area contributed by atoms with Crippen molar-refractivity contribution in [2.24, 2.45) is 0 Å². The minimum atomic E-state index is 0.0706. The van der Waals surface area contributed by atoms with Gasteiger partial charge in [-0.1, -0.05) is 13.0 Å². The molecule has 1 fully saturated rings. The van der Waals surface area contributed by atoms with Crippen LogP contribution in [0.3, 0.4) is 0 Å². The monoisotopic (exact) mass is 381 g/mol. The molecule has 0 saturated carbocycles. The van der Waals surface area contributed by atoms with Crippen LogP contribution >= 0.6 is 0 Å². The second-order valence-corrected chi connectivity index (χ2v) is 7.70. The number of rotatable bonds is 6. The van der Waals surface area contributed by atoms with E-state index in [2.05, 4.69) is 41.0 Å². The average molecular weight is 382 g/mol. The SMILES string of the molecule is CC[C@H]1CN(C(=O)c2ccc(NCc3cccc(C)n3)nc2)CCN1C(C)C. The Morgan fingerprint density at radius 3 is 2.71 bits per heavy atom. The summed E-state index contributed by atoms with van der Waals surface area (Å²) in [5.41, 5.74) is 2.61. The molecule has 3 heterocycles. The van der Waals surface area contributed by atoms with Gasteiger partial charge in [-0.25, -0.2) is 4.98 Å². The molecular formula is C22H31N5O. The molecule has 1 aliphatic rings. The maximum Gasteiger partial charge on any atom is 0.255 e. The summed E-state index contributed by atoms with van der Waals surface area (Å²) in [4.78, 5) is 26.3. The van der Waals surface area contributed by atoms with Crippen LogP contribution in [0.4, 0.5) is 5.82 Å². The zero-order valence-corrected chi connectivity index (χ0v) is 17.4. The predicted molar refractivity (Wildman–Crippen MR) is 112 cm³/mol. The van der Waals surface area contributed by atoms with E-state index in [1.165, 1.54) is 0 Å². The fraction of sp³-hybridized carbons (Fsp3) is 0.500. The van der Waals surface area contributed by atoms with Crippen molar-refractivity contribution in [3.63, 3.8) is 0 Å². The lowest BCUT2D eigenvalue weighted by Gasteiger charge is -2.43. The number of carbonyl (C=O) groups is 1. The van der Waals surface area contributed by atoms with Gasteiger partial charge in [0.2, 0.25) is 0 Å². The van der Waals surface area contributed by atoms with Gasteiger partial charge in [-0.15, -0.1) is 0 Å². The number of aryl methyl sites for hydroxylation is 1. The zero-order valence-electron chi connectivity index (χ0n) is 17.4. The van der Waals surface area contributed by atoms with Crippen molar-refractivity contribution in [1.29, 1.82) is 0 Å². The second-order valence-electron chi connectivity index (χ2n) is 7.70. The van der Waals surface area contributed by atoms with Gasteiger partial charge >= 0.3 is 0 Å². The summed E-state index contributed by atoms with van der Waals surface area (Å²) in [7, 11) is 0. The smallest absolute Gasteiger partial charge is 0.255 e. The van der Waals surface area contributed by atoms with Gasteiger partial charge in [0, 0.05) is 43.6 Å². The Balaban J connectivity index is 1.59. The first-order chi connectivity index (χ1) is 13.5. The van der Waals surface area contributed by atoms with Gasteiger partial charge in [-0.3, -0.25) is 14.7 Å². The van der Waals surface area contributed by atoms with Crippen molar-refractivity contribution in [3.8, 4) is 0 Å². The topological polar surface area (TPSA) is 61.4 Å². The Morgan fingerprint density at radius 1 is 1.25 bits per heavy atom. The largest absolute Gasteiger partial charge is 0.364 e. The molecule has 1 amide bonds. The number of hydrogen-bond donors (Lipinski definition) is 1. The van der Waals surface area contributed by atoms with E-state index in [1.807, 2.05) is 42.2 Å². The Morgan fingerprint density at radius 2 is 2.07 bits per heavy atom. The van der Waals surface area contributed by atoms with Crippen LogP contribution in [-0.4, -0.2) is 57.4 Å². The van der Waals surface area contributed by atoms with E-state index in [9.17, 15) is 4.79 Å². The van der Waals surface area contributed by atoms with Crippen molar-refractivity contribution in [2.75, 3.05) is 25.0 Å². The summed E-state index contributed by atoms with van der Waals surface area (Å²) >= 11 is 0. The van der Waals surface area contributed by atoms with Crippen molar-refractivity contribution in [2.45, 2.75) is 52.7 Å². The summed E-state index contributed by atoms with van der Waals surface area (Å²) < 4.78 is 0. The summed E-state index contributed by atoms with van der Waals surface area (Å²) in [6.07, 6.45) is 2.72. The van der Waals surface area contributed by atoms with Gasteiger partial charge < -0.3 is 10.2 Å². The summed E-state index contributed by atoms with van der Waals surface area (Å²) in [6.45, 7) is 11.7. The van der Waals surface area contributed by atoms with E-state index in [4.69, 9.17) is 0 Å².